The molecule has 0 unspecified atom stereocenters. The summed E-state index contributed by atoms with van der Waals surface area (Å²) in [7, 11) is 0. The Hall–Kier alpha value is -3.11. The molecule has 0 aliphatic carbocycles. The summed E-state index contributed by atoms with van der Waals surface area (Å²) in [6.45, 7) is 0.662. The highest BCUT2D eigenvalue weighted by molar-refractivity contribution is 6.30. The number of aryl methyl sites for hydroxylation is 1. The maximum absolute atomic E-state index is 13.0. The number of rotatable bonds is 3. The van der Waals surface area contributed by atoms with Crippen LogP contribution in [0.25, 0.3) is 0 Å². The standard InChI is InChI=1S/C23H19ClN2O2/c24-19-11-8-17(9-12-19)22(27)25-20-13-10-16-7-4-14-26(21(16)15-20)23(28)18-5-2-1-3-6-18/h1-3,5-6,8-13,15H,4,7,14H2,(H,25,27). The SMILES string of the molecule is O=C(Nc1ccc2c(c1)N(C(=O)c1ccccc1)CCC2)c1ccc(Cl)cc1. The minimum Gasteiger partial charge on any atom is -0.322 e. The number of nitrogens with zero attached hydrogens (tertiary/aromatic N) is 1. The summed E-state index contributed by atoms with van der Waals surface area (Å²) >= 11 is 5.88. The molecule has 3 aromatic rings. The fourth-order valence-corrected chi connectivity index (χ4v) is 3.53. The lowest BCUT2D eigenvalue weighted by molar-refractivity contribution is 0.0984. The second-order valence-electron chi connectivity index (χ2n) is 6.73. The first-order valence-electron chi connectivity index (χ1n) is 9.18. The highest BCUT2D eigenvalue weighted by Gasteiger charge is 2.24. The minimum absolute atomic E-state index is 0.0253. The summed E-state index contributed by atoms with van der Waals surface area (Å²) in [5.74, 6) is -0.240. The molecular weight excluding hydrogens is 372 g/mol. The molecule has 0 fully saturated rings. The zero-order valence-electron chi connectivity index (χ0n) is 15.2. The molecule has 5 heteroatoms. The van der Waals surface area contributed by atoms with Crippen molar-refractivity contribution in [2.24, 2.45) is 0 Å². The van der Waals surface area contributed by atoms with Gasteiger partial charge in [0.05, 0.1) is 0 Å². The van der Waals surface area contributed by atoms with E-state index in [4.69, 9.17) is 11.6 Å². The van der Waals surface area contributed by atoms with Gasteiger partial charge in [0.25, 0.3) is 11.8 Å². The molecule has 2 amide bonds. The van der Waals surface area contributed by atoms with Crippen molar-refractivity contribution in [3.8, 4) is 0 Å². The number of anilines is 2. The molecule has 0 radical (unpaired) electrons. The quantitative estimate of drug-likeness (QED) is 0.669. The third-order valence-electron chi connectivity index (χ3n) is 4.83. The number of carbonyl (C=O) groups excluding carboxylic acids is 2. The van der Waals surface area contributed by atoms with E-state index in [1.807, 2.05) is 48.5 Å². The Labute approximate surface area is 168 Å². The van der Waals surface area contributed by atoms with E-state index in [1.165, 1.54) is 0 Å². The van der Waals surface area contributed by atoms with E-state index in [0.29, 0.717) is 28.4 Å². The number of hydrogen-bond acceptors (Lipinski definition) is 2. The van der Waals surface area contributed by atoms with Gasteiger partial charge in [-0.25, -0.2) is 0 Å². The summed E-state index contributed by atoms with van der Waals surface area (Å²) in [6.07, 6.45) is 1.83. The Balaban J connectivity index is 1.60. The van der Waals surface area contributed by atoms with Gasteiger partial charge in [-0.2, -0.15) is 0 Å². The van der Waals surface area contributed by atoms with Crippen molar-refractivity contribution in [2.45, 2.75) is 12.8 Å². The lowest BCUT2D eigenvalue weighted by Gasteiger charge is -2.30. The van der Waals surface area contributed by atoms with Gasteiger partial charge in [0, 0.05) is 34.1 Å². The van der Waals surface area contributed by atoms with Gasteiger partial charge in [-0.1, -0.05) is 35.9 Å². The third kappa shape index (κ3) is 3.78. The van der Waals surface area contributed by atoms with Gasteiger partial charge in [-0.05, 0) is 66.9 Å². The average Bonchev–Trinajstić information content (AvgIpc) is 2.74. The highest BCUT2D eigenvalue weighted by atomic mass is 35.5. The molecule has 0 bridgehead atoms. The molecule has 3 aromatic carbocycles. The number of amides is 2. The molecule has 1 heterocycles. The summed E-state index contributed by atoms with van der Waals surface area (Å²) in [6, 6.07) is 21.7. The maximum Gasteiger partial charge on any atom is 0.258 e. The van der Waals surface area contributed by atoms with E-state index in [9.17, 15) is 9.59 Å². The molecule has 1 aliphatic rings. The van der Waals surface area contributed by atoms with Gasteiger partial charge < -0.3 is 10.2 Å². The molecule has 140 valence electrons. The van der Waals surface area contributed by atoms with Crippen LogP contribution in [0.15, 0.2) is 72.8 Å². The number of hydrogen-bond donors (Lipinski definition) is 1. The number of nitrogens with one attached hydrogen (secondary N) is 1. The van der Waals surface area contributed by atoms with Crippen molar-refractivity contribution < 1.29 is 9.59 Å². The van der Waals surface area contributed by atoms with Gasteiger partial charge in [0.1, 0.15) is 0 Å². The van der Waals surface area contributed by atoms with Gasteiger partial charge >= 0.3 is 0 Å². The third-order valence-corrected chi connectivity index (χ3v) is 5.09. The lowest BCUT2D eigenvalue weighted by atomic mass is 10.00. The largest absolute Gasteiger partial charge is 0.322 e. The topological polar surface area (TPSA) is 49.4 Å². The van der Waals surface area contributed by atoms with Crippen molar-refractivity contribution in [3.05, 3.63) is 94.5 Å². The summed E-state index contributed by atoms with van der Waals surface area (Å²) in [4.78, 5) is 27.3. The normalized spacial score (nSPS) is 13.0. The molecular formula is C23H19ClN2O2. The van der Waals surface area contributed by atoms with E-state index in [2.05, 4.69) is 5.32 Å². The molecule has 1 N–H and O–H groups in total. The molecule has 0 saturated heterocycles. The second kappa shape index (κ2) is 7.87. The van der Waals surface area contributed by atoms with Crippen LogP contribution in [0.3, 0.4) is 0 Å². The molecule has 0 saturated carbocycles. The molecule has 4 nitrogen and oxygen atoms in total. The summed E-state index contributed by atoms with van der Waals surface area (Å²) in [5.41, 5.74) is 3.81. The van der Waals surface area contributed by atoms with Crippen LogP contribution in [-0.4, -0.2) is 18.4 Å². The molecule has 28 heavy (non-hydrogen) atoms. The van der Waals surface area contributed by atoms with Crippen molar-refractivity contribution >= 4 is 34.8 Å². The fourth-order valence-electron chi connectivity index (χ4n) is 3.40. The second-order valence-corrected chi connectivity index (χ2v) is 7.17. The monoisotopic (exact) mass is 390 g/mol. The molecule has 4 rings (SSSR count). The first-order valence-corrected chi connectivity index (χ1v) is 9.56. The smallest absolute Gasteiger partial charge is 0.258 e. The molecule has 0 atom stereocenters. The van der Waals surface area contributed by atoms with Crippen LogP contribution in [0.5, 0.6) is 0 Å². The van der Waals surface area contributed by atoms with Crippen LogP contribution in [0, 0.1) is 0 Å². The lowest BCUT2D eigenvalue weighted by Crippen LogP contribution is -2.35. The number of benzene rings is 3. The van der Waals surface area contributed by atoms with Gasteiger partial charge in [-0.15, -0.1) is 0 Å². The summed E-state index contributed by atoms with van der Waals surface area (Å²) < 4.78 is 0. The van der Waals surface area contributed by atoms with Gasteiger partial charge in [0.2, 0.25) is 0 Å². The zero-order chi connectivity index (χ0) is 19.5. The maximum atomic E-state index is 13.0. The van der Waals surface area contributed by atoms with Crippen LogP contribution in [0.4, 0.5) is 11.4 Å². The molecule has 0 spiro atoms. The van der Waals surface area contributed by atoms with E-state index < -0.39 is 0 Å². The Kier molecular flexibility index (Phi) is 5.13. The zero-order valence-corrected chi connectivity index (χ0v) is 15.9. The van der Waals surface area contributed by atoms with Crippen molar-refractivity contribution in [3.63, 3.8) is 0 Å². The Morgan fingerprint density at radius 3 is 2.39 bits per heavy atom. The molecule has 0 aromatic heterocycles. The van der Waals surface area contributed by atoms with Crippen molar-refractivity contribution in [1.82, 2.24) is 0 Å². The Bertz CT molecular complexity index is 1020. The van der Waals surface area contributed by atoms with Crippen LogP contribution in [0.1, 0.15) is 32.7 Å². The van der Waals surface area contributed by atoms with Crippen LogP contribution >= 0.6 is 11.6 Å². The van der Waals surface area contributed by atoms with Crippen LogP contribution in [0.2, 0.25) is 5.02 Å². The Morgan fingerprint density at radius 1 is 0.893 bits per heavy atom. The number of carbonyl (C=O) groups is 2. The van der Waals surface area contributed by atoms with Gasteiger partial charge in [0.15, 0.2) is 0 Å². The van der Waals surface area contributed by atoms with Crippen LogP contribution < -0.4 is 10.2 Å². The van der Waals surface area contributed by atoms with E-state index in [1.54, 1.807) is 29.2 Å². The highest BCUT2D eigenvalue weighted by Crippen LogP contribution is 2.31. The van der Waals surface area contributed by atoms with Crippen molar-refractivity contribution in [2.75, 3.05) is 16.8 Å². The number of fused-ring (bicyclic) bond motifs is 1. The predicted octanol–water partition coefficient (Wildman–Crippen LogP) is 5.19. The van der Waals surface area contributed by atoms with Gasteiger partial charge in [-0.3, -0.25) is 9.59 Å². The van der Waals surface area contributed by atoms with E-state index in [0.717, 1.165) is 24.1 Å². The first-order chi connectivity index (χ1) is 13.6. The average molecular weight is 391 g/mol. The summed E-state index contributed by atoms with van der Waals surface area (Å²) in [5, 5.41) is 3.49. The number of halogens is 1. The Morgan fingerprint density at radius 2 is 1.64 bits per heavy atom. The van der Waals surface area contributed by atoms with E-state index in [-0.39, 0.29) is 11.8 Å². The first kappa shape index (κ1) is 18.3. The van der Waals surface area contributed by atoms with Crippen LogP contribution in [-0.2, 0) is 6.42 Å². The molecule has 1 aliphatic heterocycles. The van der Waals surface area contributed by atoms with E-state index >= 15 is 0 Å². The minimum atomic E-state index is -0.214. The fraction of sp³-hybridized carbons (Fsp3) is 0.130. The van der Waals surface area contributed by atoms with Crippen molar-refractivity contribution in [1.29, 1.82) is 0 Å². The predicted molar refractivity (Wildman–Crippen MR) is 112 cm³/mol.